The largest absolute Gasteiger partial charge is 0.478 e. The maximum atomic E-state index is 11.9. The van der Waals surface area contributed by atoms with Gasteiger partial charge < -0.3 is 9.84 Å². The van der Waals surface area contributed by atoms with Gasteiger partial charge in [-0.25, -0.2) is 9.59 Å². The van der Waals surface area contributed by atoms with Crippen LogP contribution in [0, 0.1) is 6.92 Å². The van der Waals surface area contributed by atoms with Crippen molar-refractivity contribution >= 4 is 23.3 Å². The Labute approximate surface area is 117 Å². The second kappa shape index (κ2) is 5.30. The van der Waals surface area contributed by atoms with Gasteiger partial charge in [0.2, 0.25) is 0 Å². The van der Waals surface area contributed by atoms with Crippen molar-refractivity contribution in [2.45, 2.75) is 6.92 Å². The monoisotopic (exact) mass is 293 g/mol. The molecule has 0 aliphatic rings. The van der Waals surface area contributed by atoms with E-state index in [0.29, 0.717) is 11.3 Å². The quantitative estimate of drug-likeness (QED) is 0.870. The van der Waals surface area contributed by atoms with Gasteiger partial charge >= 0.3 is 11.9 Å². The lowest BCUT2D eigenvalue weighted by atomic mass is 10.2. The molecule has 2 heterocycles. The van der Waals surface area contributed by atoms with Gasteiger partial charge in [-0.3, -0.25) is 9.36 Å². The topological polar surface area (TPSA) is 85.6 Å². The van der Waals surface area contributed by atoms with Crippen LogP contribution in [0.2, 0.25) is 0 Å². The van der Waals surface area contributed by atoms with Crippen LogP contribution in [-0.4, -0.2) is 28.7 Å². The molecular formula is C13H11NO5S. The molecule has 1 N–H and O–H groups in total. The number of hydrogen-bond acceptors (Lipinski definition) is 5. The third-order valence-corrected chi connectivity index (χ3v) is 3.78. The van der Waals surface area contributed by atoms with Crippen LogP contribution in [0.4, 0.5) is 0 Å². The highest BCUT2D eigenvalue weighted by atomic mass is 32.1. The number of carbonyl (C=O) groups excluding carboxylic acids is 1. The van der Waals surface area contributed by atoms with E-state index in [1.54, 1.807) is 12.3 Å². The first kappa shape index (κ1) is 14.0. The highest BCUT2D eigenvalue weighted by Gasteiger charge is 2.19. The summed E-state index contributed by atoms with van der Waals surface area (Å²) in [6, 6.07) is 2.38. The number of aromatic nitrogens is 1. The maximum absolute atomic E-state index is 11.9. The van der Waals surface area contributed by atoms with Crippen molar-refractivity contribution in [3.05, 3.63) is 50.1 Å². The number of carboxylic acid groups (broad SMARTS) is 1. The van der Waals surface area contributed by atoms with Gasteiger partial charge in [0.1, 0.15) is 4.88 Å². The standard InChI is InChI=1S/C13H11NO5S/c1-7-6-20-11(13(18)19-2)10(7)14-5-8(12(16)17)3-4-9(14)15/h3-6H,1-2H3,(H,16,17). The van der Waals surface area contributed by atoms with Crippen LogP contribution in [0.1, 0.15) is 25.6 Å². The number of aryl methyl sites for hydroxylation is 1. The third-order valence-electron chi connectivity index (χ3n) is 2.71. The Morgan fingerprint density at radius 2 is 2.05 bits per heavy atom. The minimum atomic E-state index is -1.15. The third kappa shape index (κ3) is 2.35. The van der Waals surface area contributed by atoms with Crippen LogP contribution in [-0.2, 0) is 4.74 Å². The van der Waals surface area contributed by atoms with E-state index >= 15 is 0 Å². The lowest BCUT2D eigenvalue weighted by molar-refractivity contribution is 0.0605. The molecule has 2 rings (SSSR count). The Morgan fingerprint density at radius 1 is 1.35 bits per heavy atom. The molecule has 0 atom stereocenters. The van der Waals surface area contributed by atoms with Gasteiger partial charge in [0, 0.05) is 12.3 Å². The predicted octanol–water partition coefficient (Wildman–Crippen LogP) is 1.69. The van der Waals surface area contributed by atoms with Crippen LogP contribution < -0.4 is 5.56 Å². The van der Waals surface area contributed by atoms with E-state index in [2.05, 4.69) is 4.74 Å². The van der Waals surface area contributed by atoms with E-state index in [1.165, 1.54) is 19.4 Å². The highest BCUT2D eigenvalue weighted by Crippen LogP contribution is 2.26. The lowest BCUT2D eigenvalue weighted by Gasteiger charge is -2.08. The van der Waals surface area contributed by atoms with Crippen molar-refractivity contribution in [2.24, 2.45) is 0 Å². The number of pyridine rings is 1. The molecule has 104 valence electrons. The second-order valence-corrected chi connectivity index (χ2v) is 4.90. The smallest absolute Gasteiger partial charge is 0.350 e. The van der Waals surface area contributed by atoms with Crippen LogP contribution in [0.15, 0.2) is 28.5 Å². The van der Waals surface area contributed by atoms with Gasteiger partial charge in [-0.1, -0.05) is 0 Å². The van der Waals surface area contributed by atoms with Crippen molar-refractivity contribution in [3.63, 3.8) is 0 Å². The van der Waals surface area contributed by atoms with E-state index in [9.17, 15) is 14.4 Å². The number of carbonyl (C=O) groups is 2. The number of nitrogens with zero attached hydrogens (tertiary/aromatic N) is 1. The summed E-state index contributed by atoms with van der Waals surface area (Å²) in [7, 11) is 1.25. The SMILES string of the molecule is COC(=O)c1scc(C)c1-n1cc(C(=O)O)ccc1=O. The molecule has 2 aromatic heterocycles. The summed E-state index contributed by atoms with van der Waals surface area (Å²) in [5, 5.41) is 10.7. The first-order valence-corrected chi connectivity index (χ1v) is 6.46. The zero-order valence-electron chi connectivity index (χ0n) is 10.7. The average Bonchev–Trinajstić information content (AvgIpc) is 2.80. The molecule has 0 amide bonds. The molecule has 6 nitrogen and oxygen atoms in total. The molecule has 0 aromatic carbocycles. The van der Waals surface area contributed by atoms with Gasteiger partial charge in [-0.05, 0) is 23.9 Å². The van der Waals surface area contributed by atoms with Crippen LogP contribution in [0.5, 0.6) is 0 Å². The predicted molar refractivity (Wildman–Crippen MR) is 73.0 cm³/mol. The normalized spacial score (nSPS) is 10.3. The average molecular weight is 293 g/mol. The zero-order valence-corrected chi connectivity index (χ0v) is 11.6. The molecule has 0 unspecified atom stereocenters. The summed E-state index contributed by atoms with van der Waals surface area (Å²) in [5.41, 5.74) is 0.600. The Bertz CT molecular complexity index is 743. The van der Waals surface area contributed by atoms with Crippen molar-refractivity contribution in [3.8, 4) is 5.69 Å². The molecule has 0 aliphatic heterocycles. The fourth-order valence-corrected chi connectivity index (χ4v) is 2.72. The molecular weight excluding hydrogens is 282 g/mol. The Hall–Kier alpha value is -2.41. The molecule has 0 fully saturated rings. The number of methoxy groups -OCH3 is 1. The number of thiophene rings is 1. The van der Waals surface area contributed by atoms with Gasteiger partial charge in [0.15, 0.2) is 0 Å². The van der Waals surface area contributed by atoms with E-state index in [1.807, 2.05) is 0 Å². The molecule has 0 bridgehead atoms. The van der Waals surface area contributed by atoms with Gasteiger partial charge in [-0.15, -0.1) is 11.3 Å². The number of esters is 1. The number of aromatic carboxylic acids is 1. The summed E-state index contributed by atoms with van der Waals surface area (Å²) < 4.78 is 5.82. The van der Waals surface area contributed by atoms with E-state index in [4.69, 9.17) is 5.11 Å². The highest BCUT2D eigenvalue weighted by molar-refractivity contribution is 7.12. The summed E-state index contributed by atoms with van der Waals surface area (Å²) >= 11 is 1.14. The second-order valence-electron chi connectivity index (χ2n) is 4.02. The van der Waals surface area contributed by atoms with E-state index in [0.717, 1.165) is 22.0 Å². The van der Waals surface area contributed by atoms with E-state index < -0.39 is 17.5 Å². The molecule has 20 heavy (non-hydrogen) atoms. The molecule has 0 saturated carbocycles. The van der Waals surface area contributed by atoms with Crippen molar-refractivity contribution < 1.29 is 19.4 Å². The molecule has 7 heteroatoms. The molecule has 2 aromatic rings. The van der Waals surface area contributed by atoms with Crippen LogP contribution in [0.25, 0.3) is 5.69 Å². The maximum Gasteiger partial charge on any atom is 0.350 e. The summed E-state index contributed by atoms with van der Waals surface area (Å²) in [6.07, 6.45) is 1.20. The van der Waals surface area contributed by atoms with Gasteiger partial charge in [-0.2, -0.15) is 0 Å². The molecule has 0 aliphatic carbocycles. The summed E-state index contributed by atoms with van der Waals surface area (Å²) in [5.74, 6) is -1.71. The Balaban J connectivity index is 2.71. The Morgan fingerprint density at radius 3 is 2.65 bits per heavy atom. The zero-order chi connectivity index (χ0) is 14.9. The summed E-state index contributed by atoms with van der Waals surface area (Å²) in [6.45, 7) is 1.73. The lowest BCUT2D eigenvalue weighted by Crippen LogP contribution is -2.20. The molecule has 0 radical (unpaired) electrons. The fourth-order valence-electron chi connectivity index (χ4n) is 1.76. The van der Waals surface area contributed by atoms with Crippen molar-refractivity contribution in [2.75, 3.05) is 7.11 Å². The molecule has 0 saturated heterocycles. The Kier molecular flexibility index (Phi) is 3.71. The minimum absolute atomic E-state index is 0.0361. The number of rotatable bonds is 3. The summed E-state index contributed by atoms with van der Waals surface area (Å²) in [4.78, 5) is 34.9. The number of hydrogen-bond donors (Lipinski definition) is 1. The molecule has 0 spiro atoms. The van der Waals surface area contributed by atoms with Crippen molar-refractivity contribution in [1.29, 1.82) is 0 Å². The van der Waals surface area contributed by atoms with Gasteiger partial charge in [0.05, 0.1) is 18.4 Å². The van der Waals surface area contributed by atoms with Crippen LogP contribution in [0.3, 0.4) is 0 Å². The van der Waals surface area contributed by atoms with Gasteiger partial charge in [0.25, 0.3) is 5.56 Å². The first-order chi connectivity index (χ1) is 9.45. The number of ether oxygens (including phenoxy) is 1. The van der Waals surface area contributed by atoms with Crippen LogP contribution >= 0.6 is 11.3 Å². The first-order valence-electron chi connectivity index (χ1n) is 5.58. The fraction of sp³-hybridized carbons (Fsp3) is 0.154. The minimum Gasteiger partial charge on any atom is -0.478 e. The number of carboxylic acids is 1. The van der Waals surface area contributed by atoms with E-state index in [-0.39, 0.29) is 10.4 Å². The van der Waals surface area contributed by atoms with Crippen molar-refractivity contribution in [1.82, 2.24) is 4.57 Å².